The lowest BCUT2D eigenvalue weighted by atomic mass is 9.91. The van der Waals surface area contributed by atoms with Gasteiger partial charge >= 0.3 is 6.16 Å². The highest BCUT2D eigenvalue weighted by Gasteiger charge is 2.60. The number of carboxylic acid groups (broad SMARTS) is 1. The maximum absolute atomic E-state index is 11.9. The van der Waals surface area contributed by atoms with E-state index in [-0.39, 0.29) is 5.88 Å². The Morgan fingerprint density at radius 1 is 1.47 bits per heavy atom. The highest BCUT2D eigenvalue weighted by Crippen LogP contribution is 2.46. The minimum Gasteiger partial charge on any atom is -0.467 e. The molecule has 106 valence electrons. The molecule has 0 bridgehead atoms. The molecule has 0 aromatic rings. The average molecular weight is 271 g/mol. The summed E-state index contributed by atoms with van der Waals surface area (Å²) < 4.78 is 10.3. The first-order valence-corrected chi connectivity index (χ1v) is 5.98. The lowest BCUT2D eigenvalue weighted by molar-refractivity contribution is -0.184. The first-order valence-electron chi connectivity index (χ1n) is 5.98. The Morgan fingerprint density at radius 3 is 2.47 bits per heavy atom. The topological polar surface area (TPSA) is 96.3 Å². The lowest BCUT2D eigenvalue weighted by Crippen LogP contribution is -2.62. The van der Waals surface area contributed by atoms with E-state index >= 15 is 0 Å². The van der Waals surface area contributed by atoms with Crippen molar-refractivity contribution < 1.29 is 29.3 Å². The minimum atomic E-state index is -1.51. The largest absolute Gasteiger partial charge is 0.512 e. The van der Waals surface area contributed by atoms with E-state index in [9.17, 15) is 14.7 Å². The van der Waals surface area contributed by atoms with Crippen molar-refractivity contribution in [2.75, 3.05) is 0 Å². The SMILES string of the molecule is CC(O)C1C(=O)N2C(OC(=O)O)=C(C(C)(C)C)OC12. The minimum absolute atomic E-state index is 0.0908. The molecule has 0 aliphatic carbocycles. The molecule has 0 aromatic carbocycles. The number of ether oxygens (including phenoxy) is 2. The fourth-order valence-electron chi connectivity index (χ4n) is 2.23. The highest BCUT2D eigenvalue weighted by molar-refractivity contribution is 5.88. The highest BCUT2D eigenvalue weighted by atomic mass is 16.7. The van der Waals surface area contributed by atoms with Crippen LogP contribution in [0, 0.1) is 11.3 Å². The second-order valence-corrected chi connectivity index (χ2v) is 5.74. The van der Waals surface area contributed by atoms with Gasteiger partial charge in [-0.25, -0.2) is 9.69 Å². The predicted octanol–water partition coefficient (Wildman–Crippen LogP) is 1.09. The number of β-lactam (4-membered cyclic amide) rings is 1. The molecule has 0 radical (unpaired) electrons. The zero-order valence-corrected chi connectivity index (χ0v) is 11.2. The number of rotatable bonds is 2. The van der Waals surface area contributed by atoms with Gasteiger partial charge in [0.2, 0.25) is 5.91 Å². The number of allylic oxidation sites excluding steroid dienone is 1. The molecule has 2 aliphatic rings. The third-order valence-electron chi connectivity index (χ3n) is 3.12. The number of hydrogen-bond donors (Lipinski definition) is 2. The first kappa shape index (κ1) is 13.7. The van der Waals surface area contributed by atoms with E-state index in [4.69, 9.17) is 9.84 Å². The molecule has 0 aromatic heterocycles. The molecule has 2 N–H and O–H groups in total. The molecular formula is C12H17NO6. The van der Waals surface area contributed by atoms with Gasteiger partial charge in [-0.2, -0.15) is 0 Å². The average Bonchev–Trinajstić information content (AvgIpc) is 2.49. The normalized spacial score (nSPS) is 27.6. The predicted molar refractivity (Wildman–Crippen MR) is 62.5 cm³/mol. The van der Waals surface area contributed by atoms with Crippen LogP contribution in [0.3, 0.4) is 0 Å². The summed E-state index contributed by atoms with van der Waals surface area (Å²) >= 11 is 0. The van der Waals surface area contributed by atoms with E-state index in [2.05, 4.69) is 4.74 Å². The van der Waals surface area contributed by atoms with Crippen molar-refractivity contribution in [1.82, 2.24) is 4.90 Å². The summed E-state index contributed by atoms with van der Waals surface area (Å²) in [6.07, 6.45) is -3.05. The number of aliphatic hydroxyl groups is 1. The van der Waals surface area contributed by atoms with E-state index in [0.717, 1.165) is 4.90 Å². The van der Waals surface area contributed by atoms with Crippen molar-refractivity contribution in [3.63, 3.8) is 0 Å². The van der Waals surface area contributed by atoms with Crippen LogP contribution in [-0.2, 0) is 14.3 Å². The van der Waals surface area contributed by atoms with Crippen molar-refractivity contribution in [2.45, 2.75) is 40.0 Å². The summed E-state index contributed by atoms with van der Waals surface area (Å²) in [5.74, 6) is -0.869. The number of carbonyl (C=O) groups excluding carboxylic acids is 1. The molecule has 7 heteroatoms. The smallest absolute Gasteiger partial charge is 0.467 e. The fourth-order valence-corrected chi connectivity index (χ4v) is 2.23. The summed E-state index contributed by atoms with van der Waals surface area (Å²) in [7, 11) is 0. The standard InChI is InChI=1S/C12H17NO6/c1-5(14)6-8(15)13-9(6)18-7(12(2,3)4)10(13)19-11(16)17/h5-6,9,14H,1-4H3,(H,16,17). The van der Waals surface area contributed by atoms with Gasteiger partial charge in [0.15, 0.2) is 12.0 Å². The Hall–Kier alpha value is -1.76. The fraction of sp³-hybridized carbons (Fsp3) is 0.667. The van der Waals surface area contributed by atoms with Gasteiger partial charge in [-0.1, -0.05) is 20.8 Å². The number of nitrogens with zero attached hydrogens (tertiary/aromatic N) is 1. The van der Waals surface area contributed by atoms with Crippen LogP contribution in [0.15, 0.2) is 11.6 Å². The van der Waals surface area contributed by atoms with Crippen molar-refractivity contribution in [2.24, 2.45) is 11.3 Å². The van der Waals surface area contributed by atoms with E-state index in [1.807, 2.05) is 20.8 Å². The third-order valence-corrected chi connectivity index (χ3v) is 3.12. The van der Waals surface area contributed by atoms with Crippen LogP contribution in [0.5, 0.6) is 0 Å². The zero-order chi connectivity index (χ0) is 14.5. The summed E-state index contributed by atoms with van der Waals surface area (Å²) in [5.41, 5.74) is -0.508. The number of carbonyl (C=O) groups is 2. The summed E-state index contributed by atoms with van der Waals surface area (Å²) in [4.78, 5) is 23.8. The van der Waals surface area contributed by atoms with E-state index < -0.39 is 35.7 Å². The molecule has 7 nitrogen and oxygen atoms in total. The molecule has 1 fully saturated rings. The molecule has 3 atom stereocenters. The van der Waals surface area contributed by atoms with Gasteiger partial charge in [0.25, 0.3) is 5.88 Å². The molecule has 3 unspecified atom stereocenters. The quantitative estimate of drug-likeness (QED) is 0.576. The molecule has 1 amide bonds. The van der Waals surface area contributed by atoms with E-state index in [1.165, 1.54) is 6.92 Å². The summed E-state index contributed by atoms with van der Waals surface area (Å²) in [5, 5.41) is 18.3. The molecule has 2 heterocycles. The Balaban J connectivity index is 2.34. The number of fused-ring (bicyclic) bond motifs is 1. The number of hydrogen-bond acceptors (Lipinski definition) is 5. The van der Waals surface area contributed by atoms with Gasteiger partial charge in [-0.05, 0) is 6.92 Å². The van der Waals surface area contributed by atoms with Crippen LogP contribution in [0.4, 0.5) is 4.79 Å². The van der Waals surface area contributed by atoms with Crippen LogP contribution in [0.25, 0.3) is 0 Å². The molecule has 2 rings (SSSR count). The number of aliphatic hydroxyl groups excluding tert-OH is 1. The van der Waals surface area contributed by atoms with Crippen molar-refractivity contribution >= 4 is 12.1 Å². The maximum atomic E-state index is 11.9. The molecule has 0 saturated carbocycles. The Labute approximate surface area is 110 Å². The van der Waals surface area contributed by atoms with Gasteiger partial charge in [0, 0.05) is 5.41 Å². The molecule has 1 saturated heterocycles. The van der Waals surface area contributed by atoms with Crippen molar-refractivity contribution in [1.29, 1.82) is 0 Å². The van der Waals surface area contributed by atoms with Crippen LogP contribution < -0.4 is 0 Å². The summed E-state index contributed by atoms with van der Waals surface area (Å²) in [6, 6.07) is 0. The molecule has 19 heavy (non-hydrogen) atoms. The molecular weight excluding hydrogens is 254 g/mol. The Kier molecular flexibility index (Phi) is 2.97. The van der Waals surface area contributed by atoms with Gasteiger partial charge in [0.1, 0.15) is 5.92 Å². The second kappa shape index (κ2) is 4.12. The lowest BCUT2D eigenvalue weighted by Gasteiger charge is -2.41. The second-order valence-electron chi connectivity index (χ2n) is 5.74. The monoisotopic (exact) mass is 271 g/mol. The van der Waals surface area contributed by atoms with Crippen molar-refractivity contribution in [3.8, 4) is 0 Å². The van der Waals surface area contributed by atoms with E-state index in [1.54, 1.807) is 0 Å². The Morgan fingerprint density at radius 2 is 2.05 bits per heavy atom. The third kappa shape index (κ3) is 2.03. The molecule has 0 spiro atoms. The summed E-state index contributed by atoms with van der Waals surface area (Å²) in [6.45, 7) is 6.96. The van der Waals surface area contributed by atoms with Gasteiger partial charge in [-0.3, -0.25) is 4.79 Å². The first-order chi connectivity index (χ1) is 8.64. The number of amides is 1. The van der Waals surface area contributed by atoms with Crippen LogP contribution in [0.1, 0.15) is 27.7 Å². The van der Waals surface area contributed by atoms with E-state index in [0.29, 0.717) is 5.76 Å². The van der Waals surface area contributed by atoms with Gasteiger partial charge in [-0.15, -0.1) is 0 Å². The zero-order valence-electron chi connectivity index (χ0n) is 11.2. The maximum Gasteiger partial charge on any atom is 0.512 e. The van der Waals surface area contributed by atoms with Crippen LogP contribution in [-0.4, -0.2) is 39.5 Å². The van der Waals surface area contributed by atoms with Gasteiger partial charge in [0.05, 0.1) is 6.10 Å². The van der Waals surface area contributed by atoms with Crippen LogP contribution >= 0.6 is 0 Å². The van der Waals surface area contributed by atoms with Crippen LogP contribution in [0.2, 0.25) is 0 Å². The van der Waals surface area contributed by atoms with Gasteiger partial charge < -0.3 is 19.7 Å². The molecule has 2 aliphatic heterocycles. The van der Waals surface area contributed by atoms with Crippen molar-refractivity contribution in [3.05, 3.63) is 11.6 Å². The Bertz CT molecular complexity index is 461.